The van der Waals surface area contributed by atoms with Gasteiger partial charge in [-0.1, -0.05) is 6.92 Å². The number of nitrogens with one attached hydrogen (secondary N) is 1. The predicted molar refractivity (Wildman–Crippen MR) is 101 cm³/mol. The highest BCUT2D eigenvalue weighted by Gasteiger charge is 2.32. The van der Waals surface area contributed by atoms with Gasteiger partial charge in [-0.05, 0) is 38.5 Å². The molecule has 0 spiro atoms. The Morgan fingerprint density at radius 3 is 2.64 bits per heavy atom. The number of carbonyl (C=O) groups excluding carboxylic acids is 1. The van der Waals surface area contributed by atoms with Crippen LogP contribution in [0.1, 0.15) is 32.8 Å². The molecule has 2 amide bonds. The first-order valence-corrected chi connectivity index (χ1v) is 9.47. The van der Waals surface area contributed by atoms with Crippen LogP contribution in [0.4, 0.5) is 23.7 Å². The first-order valence-electron chi connectivity index (χ1n) is 9.47. The summed E-state index contributed by atoms with van der Waals surface area (Å²) in [5, 5.41) is 12.2. The number of hydrogen-bond acceptors (Lipinski definition) is 4. The monoisotopic (exact) mass is 403 g/mol. The molecule has 1 aromatic rings. The fraction of sp³-hybridized carbons (Fsp3) is 0.632. The average molecular weight is 403 g/mol. The van der Waals surface area contributed by atoms with E-state index in [1.54, 1.807) is 18.7 Å². The number of amides is 2. The van der Waals surface area contributed by atoms with Crippen molar-refractivity contribution in [2.24, 2.45) is 0 Å². The second-order valence-electron chi connectivity index (χ2n) is 6.92. The lowest BCUT2D eigenvalue weighted by atomic mass is 10.1. The number of β-amino-alcohol motifs (C(OH)–C–C–N with tert-alkyl or cyclic N) is 1. The number of carbonyl (C=O) groups is 1. The topological polar surface area (TPSA) is 65.0 Å². The number of nitrogens with zero attached hydrogens (tertiary/aromatic N) is 2. The first kappa shape index (κ1) is 22.3. The normalized spacial score (nSPS) is 19.4. The van der Waals surface area contributed by atoms with Crippen LogP contribution in [-0.2, 0) is 6.18 Å². The number of rotatable bonds is 6. The van der Waals surface area contributed by atoms with Crippen molar-refractivity contribution in [1.82, 2.24) is 9.80 Å². The van der Waals surface area contributed by atoms with Crippen molar-refractivity contribution in [2.45, 2.75) is 45.5 Å². The highest BCUT2D eigenvalue weighted by molar-refractivity contribution is 5.91. The molecule has 1 heterocycles. The number of piperazine rings is 1. The number of anilines is 1. The molecule has 2 atom stereocenters. The van der Waals surface area contributed by atoms with E-state index < -0.39 is 23.9 Å². The van der Waals surface area contributed by atoms with Gasteiger partial charge in [0.2, 0.25) is 0 Å². The molecule has 9 heteroatoms. The molecule has 2 N–H and O–H groups in total. The van der Waals surface area contributed by atoms with E-state index in [0.29, 0.717) is 26.2 Å². The van der Waals surface area contributed by atoms with E-state index in [1.807, 2.05) is 6.92 Å². The van der Waals surface area contributed by atoms with Crippen LogP contribution in [-0.4, -0.2) is 65.9 Å². The molecule has 1 saturated heterocycles. The molecular formula is C19H28F3N3O3. The first-order chi connectivity index (χ1) is 13.2. The lowest BCUT2D eigenvalue weighted by Gasteiger charge is -2.41. The summed E-state index contributed by atoms with van der Waals surface area (Å²) in [6.45, 7) is 7.69. The Labute approximate surface area is 163 Å². The molecule has 0 aromatic heterocycles. The molecule has 0 saturated carbocycles. The van der Waals surface area contributed by atoms with Gasteiger partial charge in [0.25, 0.3) is 0 Å². The summed E-state index contributed by atoms with van der Waals surface area (Å²) in [6.07, 6.45) is -4.18. The molecule has 0 unspecified atom stereocenters. The van der Waals surface area contributed by atoms with Gasteiger partial charge < -0.3 is 20.1 Å². The molecule has 158 valence electrons. The highest BCUT2D eigenvalue weighted by atomic mass is 19.4. The maximum Gasteiger partial charge on any atom is 0.416 e. The van der Waals surface area contributed by atoms with Gasteiger partial charge in [0, 0.05) is 32.2 Å². The van der Waals surface area contributed by atoms with Gasteiger partial charge in [-0.25, -0.2) is 4.79 Å². The van der Waals surface area contributed by atoms with Crippen molar-refractivity contribution in [3.05, 3.63) is 23.8 Å². The smallest absolute Gasteiger partial charge is 0.416 e. The number of aliphatic hydroxyl groups excluding tert-OH is 1. The van der Waals surface area contributed by atoms with Gasteiger partial charge in [0.05, 0.1) is 24.0 Å². The molecule has 1 aliphatic heterocycles. The van der Waals surface area contributed by atoms with Crippen LogP contribution in [0.25, 0.3) is 0 Å². The lowest BCUT2D eigenvalue weighted by Crippen LogP contribution is -2.56. The Hall–Kier alpha value is -2.00. The molecule has 2 rings (SSSR count). The Morgan fingerprint density at radius 2 is 2.07 bits per heavy atom. The fourth-order valence-corrected chi connectivity index (χ4v) is 3.32. The molecular weight excluding hydrogens is 375 g/mol. The Bertz CT molecular complexity index is 668. The molecule has 0 radical (unpaired) electrons. The molecule has 0 bridgehead atoms. The van der Waals surface area contributed by atoms with Crippen LogP contribution >= 0.6 is 0 Å². The van der Waals surface area contributed by atoms with E-state index in [4.69, 9.17) is 4.74 Å². The molecule has 28 heavy (non-hydrogen) atoms. The summed E-state index contributed by atoms with van der Waals surface area (Å²) >= 11 is 0. The summed E-state index contributed by atoms with van der Waals surface area (Å²) < 4.78 is 44.5. The Kier molecular flexibility index (Phi) is 7.54. The van der Waals surface area contributed by atoms with E-state index in [-0.39, 0.29) is 24.1 Å². The van der Waals surface area contributed by atoms with Crippen LogP contribution in [0.2, 0.25) is 0 Å². The molecule has 1 aliphatic rings. The third-order valence-electron chi connectivity index (χ3n) is 4.71. The van der Waals surface area contributed by atoms with Crippen LogP contribution in [0.3, 0.4) is 0 Å². The SMILES string of the molecule is CCOc1ccc(C(F)(F)F)cc1NC(=O)N1CCN(C[C@H](C)O)[C@@H](CC)C1. The van der Waals surface area contributed by atoms with Crippen molar-refractivity contribution >= 4 is 11.7 Å². The van der Waals surface area contributed by atoms with Gasteiger partial charge in [-0.3, -0.25) is 4.90 Å². The summed E-state index contributed by atoms with van der Waals surface area (Å²) in [6, 6.07) is 2.67. The zero-order chi connectivity index (χ0) is 20.9. The van der Waals surface area contributed by atoms with Crippen LogP contribution in [0.15, 0.2) is 18.2 Å². The largest absolute Gasteiger partial charge is 0.492 e. The molecule has 6 nitrogen and oxygen atoms in total. The minimum absolute atomic E-state index is 0.00105. The number of benzene rings is 1. The maximum atomic E-state index is 13.0. The Balaban J connectivity index is 2.13. The van der Waals surface area contributed by atoms with Crippen molar-refractivity contribution in [2.75, 3.05) is 38.1 Å². The van der Waals surface area contributed by atoms with Crippen LogP contribution < -0.4 is 10.1 Å². The highest BCUT2D eigenvalue weighted by Crippen LogP contribution is 2.35. The second kappa shape index (κ2) is 9.47. The van der Waals surface area contributed by atoms with Crippen molar-refractivity contribution < 1.29 is 27.8 Å². The number of aliphatic hydroxyl groups is 1. The number of hydrogen-bond donors (Lipinski definition) is 2. The van der Waals surface area contributed by atoms with Gasteiger partial charge in [0.1, 0.15) is 5.75 Å². The maximum absolute atomic E-state index is 13.0. The molecule has 1 fully saturated rings. The fourth-order valence-electron chi connectivity index (χ4n) is 3.32. The van der Waals surface area contributed by atoms with Crippen molar-refractivity contribution in [1.29, 1.82) is 0 Å². The molecule has 0 aliphatic carbocycles. The zero-order valence-electron chi connectivity index (χ0n) is 16.4. The van der Waals surface area contributed by atoms with E-state index in [9.17, 15) is 23.1 Å². The average Bonchev–Trinajstić information content (AvgIpc) is 2.62. The third kappa shape index (κ3) is 5.75. The van der Waals surface area contributed by atoms with Crippen LogP contribution in [0, 0.1) is 0 Å². The summed E-state index contributed by atoms with van der Waals surface area (Å²) in [7, 11) is 0. The van der Waals surface area contributed by atoms with Gasteiger partial charge >= 0.3 is 12.2 Å². The standard InChI is InChI=1S/C19H28F3N3O3/c1-4-15-12-25(9-8-24(15)11-13(3)26)18(27)23-16-10-14(19(20,21)22)6-7-17(16)28-5-2/h6-7,10,13,15,26H,4-5,8-9,11-12H2,1-3H3,(H,23,27)/t13-,15-/m0/s1. The summed E-state index contributed by atoms with van der Waals surface area (Å²) in [5.41, 5.74) is -0.847. The number of alkyl halides is 3. The van der Waals surface area contributed by atoms with Gasteiger partial charge in [-0.2, -0.15) is 13.2 Å². The number of halogens is 3. The quantitative estimate of drug-likeness (QED) is 0.764. The van der Waals surface area contributed by atoms with Gasteiger partial charge in [-0.15, -0.1) is 0 Å². The number of urea groups is 1. The van der Waals surface area contributed by atoms with Gasteiger partial charge in [0.15, 0.2) is 0 Å². The lowest BCUT2D eigenvalue weighted by molar-refractivity contribution is -0.137. The minimum Gasteiger partial charge on any atom is -0.492 e. The third-order valence-corrected chi connectivity index (χ3v) is 4.71. The predicted octanol–water partition coefficient (Wildman–Crippen LogP) is 3.41. The van der Waals surface area contributed by atoms with Crippen molar-refractivity contribution in [3.8, 4) is 5.75 Å². The summed E-state index contributed by atoms with van der Waals surface area (Å²) in [5.74, 6) is 0.198. The van der Waals surface area contributed by atoms with Crippen LogP contribution in [0.5, 0.6) is 5.75 Å². The van der Waals surface area contributed by atoms with E-state index in [0.717, 1.165) is 18.6 Å². The second-order valence-corrected chi connectivity index (χ2v) is 6.92. The Morgan fingerprint density at radius 1 is 1.36 bits per heavy atom. The van der Waals surface area contributed by atoms with E-state index in [1.165, 1.54) is 6.07 Å². The zero-order valence-corrected chi connectivity index (χ0v) is 16.4. The minimum atomic E-state index is -4.51. The molecule has 1 aromatic carbocycles. The van der Waals surface area contributed by atoms with E-state index >= 15 is 0 Å². The number of ether oxygens (including phenoxy) is 1. The van der Waals surface area contributed by atoms with E-state index in [2.05, 4.69) is 10.2 Å². The summed E-state index contributed by atoms with van der Waals surface area (Å²) in [4.78, 5) is 16.4. The van der Waals surface area contributed by atoms with Crippen molar-refractivity contribution in [3.63, 3.8) is 0 Å².